The van der Waals surface area contributed by atoms with Crippen molar-refractivity contribution in [2.24, 2.45) is 0 Å². The summed E-state index contributed by atoms with van der Waals surface area (Å²) in [5.74, 6) is 2.41. The molecule has 254 valence electrons. The van der Waals surface area contributed by atoms with Crippen molar-refractivity contribution in [1.82, 2.24) is 14.5 Å². The fourth-order valence-corrected chi connectivity index (χ4v) is 5.14. The van der Waals surface area contributed by atoms with Gasteiger partial charge in [-0.3, -0.25) is 11.1 Å². The smallest absolute Gasteiger partial charge is 0.669 e. The van der Waals surface area contributed by atoms with Crippen LogP contribution in [0.1, 0.15) is 0 Å². The molecule has 0 aliphatic carbocycles. The maximum absolute atomic E-state index is 6.57. The van der Waals surface area contributed by atoms with Crippen LogP contribution in [0.4, 0.5) is 5.69 Å². The molecule has 3 heterocycles. The van der Waals surface area contributed by atoms with Crippen LogP contribution < -0.4 is 14.4 Å². The predicted octanol–water partition coefficient (Wildman–Crippen LogP) is 9.38. The van der Waals surface area contributed by atoms with Crippen LogP contribution in [-0.2, 0) is 42.1 Å². The monoisotopic (exact) mass is 1020 g/mol. The van der Waals surface area contributed by atoms with Crippen LogP contribution in [0.3, 0.4) is 0 Å². The predicted molar refractivity (Wildman–Crippen MR) is 190 cm³/mol. The minimum absolute atomic E-state index is 0. The van der Waals surface area contributed by atoms with Gasteiger partial charge in [0.15, 0.2) is 0 Å². The zero-order valence-electron chi connectivity index (χ0n) is 27.1. The summed E-state index contributed by atoms with van der Waals surface area (Å²) < 4.78 is 13.8. The molecule has 0 saturated carbocycles. The summed E-state index contributed by atoms with van der Waals surface area (Å²) in [6.07, 6.45) is 15.8. The van der Waals surface area contributed by atoms with Crippen LogP contribution in [0.25, 0.3) is 33.2 Å². The van der Waals surface area contributed by atoms with Gasteiger partial charge in [-0.25, -0.2) is 24.2 Å². The molecule has 0 saturated heterocycles. The Morgan fingerprint density at radius 1 is 0.706 bits per heavy atom. The van der Waals surface area contributed by atoms with Gasteiger partial charge in [-0.2, -0.15) is 37.0 Å². The average Bonchev–Trinajstić information content (AvgIpc) is 3.85. The average molecular weight is 1020 g/mol. The van der Waals surface area contributed by atoms with Gasteiger partial charge >= 0.3 is 21.1 Å². The van der Waals surface area contributed by atoms with Gasteiger partial charge in [0, 0.05) is 56.5 Å². The number of anilines is 1. The van der Waals surface area contributed by atoms with E-state index in [1.165, 1.54) is 0 Å². The summed E-state index contributed by atoms with van der Waals surface area (Å²) in [6, 6.07) is 53.5. The first-order valence-electron chi connectivity index (χ1n) is 15.4. The van der Waals surface area contributed by atoms with E-state index >= 15 is 0 Å². The molecule has 0 unspecified atom stereocenters. The Bertz CT molecular complexity index is 2270. The van der Waals surface area contributed by atoms with Crippen molar-refractivity contribution in [3.8, 4) is 51.4 Å². The van der Waals surface area contributed by atoms with Crippen molar-refractivity contribution in [2.75, 3.05) is 11.9 Å². The molecule has 7 aromatic rings. The topological polar surface area (TPSA) is 42.8 Å². The quantitative estimate of drug-likeness (QED) is 0.118. The summed E-state index contributed by atoms with van der Waals surface area (Å²) >= 11 is 0. The molecule has 51 heavy (non-hydrogen) atoms. The zero-order chi connectivity index (χ0) is 33.4. The van der Waals surface area contributed by atoms with E-state index < -0.39 is 0 Å². The van der Waals surface area contributed by atoms with Crippen LogP contribution in [0.5, 0.6) is 23.0 Å². The van der Waals surface area contributed by atoms with Gasteiger partial charge in [-0.1, -0.05) is 41.8 Å². The van der Waals surface area contributed by atoms with Gasteiger partial charge in [-0.05, 0) is 31.6 Å². The third-order valence-corrected chi connectivity index (χ3v) is 7.43. The first-order chi connectivity index (χ1) is 24.1. The minimum atomic E-state index is 0. The second-order valence-electron chi connectivity index (χ2n) is 10.9. The number of benzene rings is 5. The molecule has 1 aliphatic heterocycles. The third-order valence-electron chi connectivity index (χ3n) is 7.43. The van der Waals surface area contributed by atoms with Crippen LogP contribution >= 0.6 is 0 Å². The van der Waals surface area contributed by atoms with Crippen molar-refractivity contribution < 1.29 is 51.6 Å². The molecule has 0 spiro atoms. The van der Waals surface area contributed by atoms with Crippen molar-refractivity contribution in [2.45, 2.75) is 0 Å². The van der Waals surface area contributed by atoms with E-state index in [0.29, 0.717) is 23.0 Å². The fraction of sp³-hybridized carbons (Fsp3) is 0.0233. The van der Waals surface area contributed by atoms with Crippen LogP contribution in [0, 0.1) is 49.5 Å². The van der Waals surface area contributed by atoms with Gasteiger partial charge in [0.2, 0.25) is 0 Å². The molecule has 5 aromatic carbocycles. The van der Waals surface area contributed by atoms with Gasteiger partial charge in [0.25, 0.3) is 0 Å². The summed E-state index contributed by atoms with van der Waals surface area (Å²) in [7, 11) is 1.99. The fourth-order valence-electron chi connectivity index (χ4n) is 5.14. The van der Waals surface area contributed by atoms with E-state index in [0.717, 1.165) is 38.8 Å². The molecule has 0 N–H and O–H groups in total. The Labute approximate surface area is 327 Å². The van der Waals surface area contributed by atoms with E-state index in [9.17, 15) is 0 Å². The van der Waals surface area contributed by atoms with Crippen LogP contribution in [0.15, 0.2) is 140 Å². The maximum Gasteiger partial charge on any atom is 4.00 e. The Morgan fingerprint density at radius 3 is 2.12 bits per heavy atom. The Kier molecular flexibility index (Phi) is 12.7. The third kappa shape index (κ3) is 9.27. The maximum atomic E-state index is 6.57. The summed E-state index contributed by atoms with van der Waals surface area (Å²) in [4.78, 5) is 8.60. The number of ether oxygens (including phenoxy) is 2. The first kappa shape index (κ1) is 36.9. The number of hydrogen-bond acceptors (Lipinski definition) is 5. The largest absolute Gasteiger partial charge is 4.00 e. The second-order valence-corrected chi connectivity index (χ2v) is 10.9. The second kappa shape index (κ2) is 17.5. The molecule has 2 aromatic heterocycles. The summed E-state index contributed by atoms with van der Waals surface area (Å²) in [5, 5.41) is 2.15. The van der Waals surface area contributed by atoms with E-state index in [1.807, 2.05) is 133 Å². The van der Waals surface area contributed by atoms with Crippen molar-refractivity contribution >= 4 is 16.5 Å². The molecule has 0 atom stereocenters. The number of fused-ring (bicyclic) bond motifs is 1. The van der Waals surface area contributed by atoms with Crippen LogP contribution in [-0.4, -0.2) is 21.5 Å². The van der Waals surface area contributed by atoms with Gasteiger partial charge < -0.3 is 35.2 Å². The van der Waals surface area contributed by atoms with Gasteiger partial charge in [0.1, 0.15) is 0 Å². The Morgan fingerprint density at radius 2 is 1.41 bits per heavy atom. The number of pyridine rings is 1. The Balaban J connectivity index is 0.000000503. The van der Waals surface area contributed by atoms with Crippen LogP contribution in [0.2, 0.25) is 0 Å². The number of aromatic nitrogens is 2. The Hall–Kier alpha value is -5.33. The number of rotatable bonds is 7. The summed E-state index contributed by atoms with van der Waals surface area (Å²) in [5.41, 5.74) is 4.14. The molecule has 0 bridgehead atoms. The van der Waals surface area contributed by atoms with Gasteiger partial charge in [0.05, 0.1) is 0 Å². The molecular formula is C43H27N4O2Pt2-3. The zero-order valence-corrected chi connectivity index (χ0v) is 31.6. The van der Waals surface area contributed by atoms with E-state index in [2.05, 4.69) is 53.5 Å². The standard InChI is InChI=1S/C37H23N3O2.C6H4N.2Pt/c1-39-19-20-40(26-39)37-25-34(22-29-9-5-6-16-35(29)37)42-33-15-8-11-30(23-33)36-24-28(17-18-38-36)27-10-7-14-32(21-27)41-31-12-3-2-4-13-31;1-2-7-5-3-4-6-7;;/h2-12,14-16,18-20,22,24,26H,1H3;3-6H;;/q-6;-1;;+4. The molecule has 0 amide bonds. The van der Waals surface area contributed by atoms with Gasteiger partial charge in [-0.15, -0.1) is 70.9 Å². The molecule has 0 radical (unpaired) electrons. The molecule has 1 aliphatic rings. The molecular weight excluding hydrogens is 995 g/mol. The molecule has 8 rings (SSSR count). The first-order valence-corrected chi connectivity index (χ1v) is 15.4. The van der Waals surface area contributed by atoms with Crippen molar-refractivity contribution in [3.63, 3.8) is 0 Å². The molecule has 0 fully saturated rings. The molecule has 8 heteroatoms. The minimum Gasteiger partial charge on any atom is -0.669 e. The number of hydrogen-bond donors (Lipinski definition) is 0. The number of nitrogens with zero attached hydrogens (tertiary/aromatic N) is 4. The van der Waals surface area contributed by atoms with E-state index in [4.69, 9.17) is 15.9 Å². The SMILES string of the molecule is CN1C=CN(c2[c-]c(Oc3[c-]c(-c4cc(-c5[c-]c(Oc6[c-]cccc6)ccc5)[c-]cn4)ccc3)cc3ccccc23)[CH-]1.[C-]#Cn1cccc1.[Pt+4].[Pt]. The van der Waals surface area contributed by atoms with E-state index in [-0.39, 0.29) is 42.1 Å². The van der Waals surface area contributed by atoms with Crippen molar-refractivity contribution in [1.29, 1.82) is 0 Å². The molecule has 6 nitrogen and oxygen atoms in total. The number of para-hydroxylation sites is 1. The van der Waals surface area contributed by atoms with E-state index in [1.54, 1.807) is 23.2 Å². The summed E-state index contributed by atoms with van der Waals surface area (Å²) in [6.45, 7) is 2.00. The van der Waals surface area contributed by atoms with Crippen molar-refractivity contribution in [3.05, 3.63) is 184 Å². The normalized spacial score (nSPS) is 11.5.